The molecule has 2 aliphatic heterocycles. The van der Waals surface area contributed by atoms with E-state index in [1.165, 1.54) is 21.6 Å². The van der Waals surface area contributed by atoms with Crippen LogP contribution in [-0.4, -0.2) is 79.1 Å². The Hall–Kier alpha value is -3.74. The predicted molar refractivity (Wildman–Crippen MR) is 173 cm³/mol. The summed E-state index contributed by atoms with van der Waals surface area (Å²) < 4.78 is 8.10. The van der Waals surface area contributed by atoms with Gasteiger partial charge in [0, 0.05) is 30.5 Å². The minimum atomic E-state index is -1.000. The lowest BCUT2D eigenvalue weighted by Crippen LogP contribution is -2.41. The van der Waals surface area contributed by atoms with Gasteiger partial charge in [0.2, 0.25) is 11.8 Å². The second-order valence-corrected chi connectivity index (χ2v) is 13.3. The Morgan fingerprint density at radius 2 is 2.09 bits per heavy atom. The van der Waals surface area contributed by atoms with Crippen LogP contribution in [0.3, 0.4) is 0 Å². The molecule has 12 nitrogen and oxygen atoms in total. The average Bonchev–Trinajstić information content (AvgIpc) is 3.28. The number of imidazole rings is 1. The summed E-state index contributed by atoms with van der Waals surface area (Å²) in [5.41, 5.74) is 7.55. The minimum absolute atomic E-state index is 0.0744. The number of fused-ring (bicyclic) bond motifs is 1. The third kappa shape index (κ3) is 8.11. The molecule has 0 saturated carbocycles. The normalized spacial score (nSPS) is 18.1. The topological polar surface area (TPSA) is 165 Å². The van der Waals surface area contributed by atoms with Gasteiger partial charge in [-0.1, -0.05) is 18.1 Å². The van der Waals surface area contributed by atoms with Gasteiger partial charge in [-0.05, 0) is 87.5 Å². The number of amides is 3. The average molecular weight is 652 g/mol. The van der Waals surface area contributed by atoms with Crippen molar-refractivity contribution in [3.05, 3.63) is 47.1 Å². The number of aromatic nitrogens is 2. The molecule has 1 unspecified atom stereocenters. The molecule has 1 aromatic carbocycles. The minimum Gasteiger partial charge on any atom is -0.450 e. The molecule has 1 atom stereocenters. The predicted octanol–water partition coefficient (Wildman–Crippen LogP) is 3.59. The van der Waals surface area contributed by atoms with Gasteiger partial charge in [0.1, 0.15) is 12.3 Å². The maximum Gasteiger partial charge on any atom is 0.288 e. The number of terminal acetylenes is 1. The fourth-order valence-corrected chi connectivity index (χ4v) is 6.78. The van der Waals surface area contributed by atoms with E-state index in [1.807, 2.05) is 51.1 Å². The Morgan fingerprint density at radius 1 is 1.31 bits per heavy atom. The molecule has 2 aliphatic rings. The molecule has 238 valence electrons. The molecule has 5 rings (SSSR count). The van der Waals surface area contributed by atoms with Gasteiger partial charge < -0.3 is 29.2 Å². The molecule has 4 N–H and O–H groups in total. The smallest absolute Gasteiger partial charge is 0.288 e. The van der Waals surface area contributed by atoms with Crippen molar-refractivity contribution in [3.8, 4) is 12.3 Å². The molecule has 3 aromatic rings. The maximum absolute atomic E-state index is 12.7. The van der Waals surface area contributed by atoms with E-state index in [4.69, 9.17) is 15.8 Å². The summed E-state index contributed by atoms with van der Waals surface area (Å²) in [6.45, 7) is 6.65. The highest BCUT2D eigenvalue weighted by atomic mass is 32.2. The van der Waals surface area contributed by atoms with Crippen molar-refractivity contribution in [1.29, 1.82) is 0 Å². The summed E-state index contributed by atoms with van der Waals surface area (Å²) in [5, 5.41) is 14.6. The number of furan rings is 1. The lowest BCUT2D eigenvalue weighted by Gasteiger charge is -2.23. The first-order valence-corrected chi connectivity index (χ1v) is 16.4. The summed E-state index contributed by atoms with van der Waals surface area (Å²) in [5.74, 6) is 2.57. The Balaban J connectivity index is 1.18. The number of para-hydroxylation sites is 2. The van der Waals surface area contributed by atoms with E-state index in [2.05, 4.69) is 26.7 Å². The van der Waals surface area contributed by atoms with Gasteiger partial charge in [0.25, 0.3) is 5.24 Å². The first-order chi connectivity index (χ1) is 21.6. The van der Waals surface area contributed by atoms with Crippen molar-refractivity contribution < 1.29 is 23.9 Å². The second kappa shape index (κ2) is 14.1. The largest absolute Gasteiger partial charge is 0.450 e. The Bertz CT molecular complexity index is 1640. The number of aliphatic hydroxyl groups excluding tert-OH is 1. The van der Waals surface area contributed by atoms with E-state index in [1.54, 1.807) is 12.1 Å². The van der Waals surface area contributed by atoms with Crippen molar-refractivity contribution in [1.82, 2.24) is 35.5 Å². The number of hydrogen-bond donors (Lipinski definition) is 4. The number of nitrogens with zero attached hydrogens (tertiary/aromatic N) is 4. The Morgan fingerprint density at radius 3 is 2.80 bits per heavy atom. The highest BCUT2D eigenvalue weighted by molar-refractivity contribution is 8.17. The lowest BCUT2D eigenvalue weighted by molar-refractivity contribution is -0.135. The van der Waals surface area contributed by atoms with Crippen LogP contribution in [0, 0.1) is 12.3 Å². The zero-order valence-electron chi connectivity index (χ0n) is 25.4. The standard InChI is InChI=1S/C31H37N7O5S2/c1-5-16-36(26(40)13-14-31(4)34-35-31)19-25(39)32-15-8-17-37-23-10-7-6-9-22(23)33-29(37)45-27-12-11-21(43-27)18-24-28(41)38(20(2)3)30(42)44-24/h1,6-7,9-12,18,20,28,34-35,41H,8,13-17,19H2,2-4H3,(H,32,39)/b24-18-. The van der Waals surface area contributed by atoms with Crippen LogP contribution >= 0.6 is 23.5 Å². The van der Waals surface area contributed by atoms with Gasteiger partial charge in [-0.3, -0.25) is 14.4 Å². The zero-order chi connectivity index (χ0) is 32.1. The van der Waals surface area contributed by atoms with Gasteiger partial charge in [-0.15, -0.1) is 6.42 Å². The van der Waals surface area contributed by atoms with E-state index in [0.29, 0.717) is 41.7 Å². The SMILES string of the molecule is C#CCN(CC(=O)NCCCn1c(Sc2ccc(/C=C3\SC(=O)N(C(C)C)C3O)o2)nc2ccccc21)C(=O)CCC1(C)NN1. The van der Waals surface area contributed by atoms with Gasteiger partial charge in [-0.25, -0.2) is 15.8 Å². The highest BCUT2D eigenvalue weighted by Crippen LogP contribution is 2.38. The second-order valence-electron chi connectivity index (χ2n) is 11.3. The number of nitrogens with one attached hydrogen (secondary N) is 3. The molecule has 14 heteroatoms. The number of benzene rings is 1. The van der Waals surface area contributed by atoms with Gasteiger partial charge in [0.05, 0.1) is 23.2 Å². The molecule has 2 fully saturated rings. The molecule has 4 heterocycles. The summed E-state index contributed by atoms with van der Waals surface area (Å²) in [6.07, 6.45) is 7.65. The monoisotopic (exact) mass is 651 g/mol. The van der Waals surface area contributed by atoms with E-state index < -0.39 is 6.23 Å². The molecule has 0 spiro atoms. The van der Waals surface area contributed by atoms with Crippen LogP contribution < -0.4 is 16.2 Å². The highest BCUT2D eigenvalue weighted by Gasteiger charge is 2.37. The molecule has 2 aromatic heterocycles. The lowest BCUT2D eigenvalue weighted by atomic mass is 10.1. The summed E-state index contributed by atoms with van der Waals surface area (Å²) in [7, 11) is 0. The van der Waals surface area contributed by atoms with E-state index in [9.17, 15) is 19.5 Å². The fourth-order valence-electron chi connectivity index (χ4n) is 4.87. The van der Waals surface area contributed by atoms with Gasteiger partial charge in [0.15, 0.2) is 16.5 Å². The molecule has 3 amide bonds. The number of hydrazine groups is 1. The van der Waals surface area contributed by atoms with Crippen LogP contribution in [0.5, 0.6) is 0 Å². The molecule has 45 heavy (non-hydrogen) atoms. The van der Waals surface area contributed by atoms with Crippen LogP contribution in [0.4, 0.5) is 4.79 Å². The quantitative estimate of drug-likeness (QED) is 0.115. The Labute approximate surface area is 270 Å². The first kappa shape index (κ1) is 32.6. The van der Waals surface area contributed by atoms with Gasteiger partial charge >= 0.3 is 0 Å². The van der Waals surface area contributed by atoms with E-state index >= 15 is 0 Å². The molecular weight excluding hydrogens is 615 g/mol. The number of thioether (sulfide) groups is 1. The molecule has 0 aliphatic carbocycles. The van der Waals surface area contributed by atoms with Crippen LogP contribution in [0.15, 0.2) is 56.0 Å². The Kier molecular flexibility index (Phi) is 10.3. The zero-order valence-corrected chi connectivity index (χ0v) is 27.0. The number of aryl methyl sites for hydroxylation is 1. The van der Waals surface area contributed by atoms with E-state index in [0.717, 1.165) is 28.0 Å². The number of carbonyl (C=O) groups is 3. The maximum atomic E-state index is 12.7. The van der Waals surface area contributed by atoms with Gasteiger partial charge in [-0.2, -0.15) is 0 Å². The molecular formula is C31H37N7O5S2. The van der Waals surface area contributed by atoms with Crippen LogP contribution in [-0.2, 0) is 16.1 Å². The summed E-state index contributed by atoms with van der Waals surface area (Å²) in [4.78, 5) is 45.7. The van der Waals surface area contributed by atoms with Crippen molar-refractivity contribution in [2.24, 2.45) is 0 Å². The van der Waals surface area contributed by atoms with Crippen molar-refractivity contribution in [2.45, 2.75) is 74.8 Å². The van der Waals surface area contributed by atoms with Crippen molar-refractivity contribution >= 4 is 57.7 Å². The first-order valence-electron chi connectivity index (χ1n) is 14.7. The third-order valence-corrected chi connectivity index (χ3v) is 9.29. The van der Waals surface area contributed by atoms with Crippen LogP contribution in [0.25, 0.3) is 17.1 Å². The van der Waals surface area contributed by atoms with Crippen molar-refractivity contribution in [2.75, 3.05) is 19.6 Å². The summed E-state index contributed by atoms with van der Waals surface area (Å²) in [6, 6.07) is 11.3. The molecule has 0 bridgehead atoms. The number of aliphatic hydroxyl groups is 1. The molecule has 0 radical (unpaired) electrons. The number of carbonyl (C=O) groups excluding carboxylic acids is 3. The van der Waals surface area contributed by atoms with Crippen molar-refractivity contribution in [3.63, 3.8) is 0 Å². The van der Waals surface area contributed by atoms with E-state index in [-0.39, 0.29) is 48.3 Å². The molecule has 2 saturated heterocycles. The fraction of sp³-hybridized carbons (Fsp3) is 0.419. The van der Waals surface area contributed by atoms with Crippen LogP contribution in [0.1, 0.15) is 45.8 Å². The third-order valence-electron chi connectivity index (χ3n) is 7.43. The number of rotatable bonds is 14. The summed E-state index contributed by atoms with van der Waals surface area (Å²) >= 11 is 2.37. The number of hydrogen-bond acceptors (Lipinski definition) is 10. The van der Waals surface area contributed by atoms with Crippen LogP contribution in [0.2, 0.25) is 0 Å².